The maximum atomic E-state index is 11.0. The van der Waals surface area contributed by atoms with Gasteiger partial charge < -0.3 is 4.74 Å². The van der Waals surface area contributed by atoms with E-state index in [0.29, 0.717) is 0 Å². The van der Waals surface area contributed by atoms with Crippen LogP contribution in [0, 0.1) is 0 Å². The molecule has 0 aromatic heterocycles. The van der Waals surface area contributed by atoms with Crippen molar-refractivity contribution in [2.75, 3.05) is 0 Å². The summed E-state index contributed by atoms with van der Waals surface area (Å²) in [5.41, 5.74) is 2.23. The van der Waals surface area contributed by atoms with E-state index in [2.05, 4.69) is 0 Å². The van der Waals surface area contributed by atoms with E-state index in [1.54, 1.807) is 6.08 Å². The fourth-order valence-corrected chi connectivity index (χ4v) is 1.80. The van der Waals surface area contributed by atoms with Crippen LogP contribution in [0.2, 0.25) is 0 Å². The Bertz CT molecular complexity index is 332. The summed E-state index contributed by atoms with van der Waals surface area (Å²) in [6, 6.07) is 0. The summed E-state index contributed by atoms with van der Waals surface area (Å²) in [7, 11) is 0. The minimum atomic E-state index is -0.214. The van der Waals surface area contributed by atoms with Gasteiger partial charge in [-0.05, 0) is 31.8 Å². The van der Waals surface area contributed by atoms with Crippen molar-refractivity contribution in [3.63, 3.8) is 0 Å². The Balaban J connectivity index is 2.40. The number of hydrogen-bond acceptors (Lipinski definition) is 2. The first-order valence-corrected chi connectivity index (χ1v) is 4.60. The molecule has 2 rings (SSSR count). The maximum Gasteiger partial charge on any atom is 0.336 e. The number of esters is 1. The van der Waals surface area contributed by atoms with Crippen molar-refractivity contribution in [2.45, 2.75) is 26.2 Å². The fourth-order valence-electron chi connectivity index (χ4n) is 1.80. The van der Waals surface area contributed by atoms with Crippen molar-refractivity contribution in [2.24, 2.45) is 0 Å². The zero-order valence-corrected chi connectivity index (χ0v) is 7.67. The summed E-state index contributed by atoms with van der Waals surface area (Å²) in [4.78, 5) is 11.0. The van der Waals surface area contributed by atoms with E-state index >= 15 is 0 Å². The highest BCUT2D eigenvalue weighted by molar-refractivity contribution is 5.88. The van der Waals surface area contributed by atoms with E-state index in [0.717, 1.165) is 36.2 Å². The number of carbonyl (C=O) groups is 1. The van der Waals surface area contributed by atoms with E-state index < -0.39 is 0 Å². The molecule has 0 fully saturated rings. The first-order chi connectivity index (χ1) is 6.31. The van der Waals surface area contributed by atoms with Gasteiger partial charge in [0, 0.05) is 11.6 Å². The molecular formula is C11H12O2. The molecule has 0 bridgehead atoms. The van der Waals surface area contributed by atoms with E-state index in [4.69, 9.17) is 4.74 Å². The van der Waals surface area contributed by atoms with Crippen molar-refractivity contribution >= 4 is 5.97 Å². The smallest absolute Gasteiger partial charge is 0.336 e. The molecule has 0 amide bonds. The molecule has 0 radical (unpaired) electrons. The van der Waals surface area contributed by atoms with Gasteiger partial charge in [-0.3, -0.25) is 0 Å². The summed E-state index contributed by atoms with van der Waals surface area (Å²) in [5.74, 6) is 0.600. The van der Waals surface area contributed by atoms with Gasteiger partial charge in [-0.1, -0.05) is 12.2 Å². The molecule has 0 saturated carbocycles. The standard InChI is InChI=1S/C11H12O2/c1-2-4-8-5-3-6-9-7-10(12)13-11(8)9/h2,4,7H,3,5-6H2,1H3. The molecule has 2 nitrogen and oxygen atoms in total. The van der Waals surface area contributed by atoms with Gasteiger partial charge in [-0.15, -0.1) is 0 Å². The molecule has 68 valence electrons. The Morgan fingerprint density at radius 1 is 1.46 bits per heavy atom. The van der Waals surface area contributed by atoms with E-state index in [-0.39, 0.29) is 5.97 Å². The maximum absolute atomic E-state index is 11.0. The van der Waals surface area contributed by atoms with Crippen LogP contribution < -0.4 is 0 Å². The van der Waals surface area contributed by atoms with Crippen LogP contribution in [0.3, 0.4) is 0 Å². The third-order valence-electron chi connectivity index (χ3n) is 2.34. The minimum Gasteiger partial charge on any atom is -0.423 e. The average Bonchev–Trinajstić information content (AvgIpc) is 2.47. The van der Waals surface area contributed by atoms with Gasteiger partial charge in [0.25, 0.3) is 0 Å². The zero-order valence-electron chi connectivity index (χ0n) is 7.67. The molecule has 2 heteroatoms. The second-order valence-corrected chi connectivity index (χ2v) is 3.30. The van der Waals surface area contributed by atoms with Crippen molar-refractivity contribution in [1.82, 2.24) is 0 Å². The van der Waals surface area contributed by atoms with Crippen LogP contribution in [0.4, 0.5) is 0 Å². The van der Waals surface area contributed by atoms with Gasteiger partial charge in [0.2, 0.25) is 0 Å². The number of hydrogen-bond donors (Lipinski definition) is 0. The van der Waals surface area contributed by atoms with E-state index in [1.807, 2.05) is 19.1 Å². The Morgan fingerprint density at radius 3 is 3.08 bits per heavy atom. The van der Waals surface area contributed by atoms with Crippen LogP contribution in [0.5, 0.6) is 0 Å². The van der Waals surface area contributed by atoms with Crippen molar-refractivity contribution in [1.29, 1.82) is 0 Å². The second-order valence-electron chi connectivity index (χ2n) is 3.30. The molecule has 0 aromatic rings. The van der Waals surface area contributed by atoms with Gasteiger partial charge in [-0.25, -0.2) is 4.79 Å². The molecule has 1 heterocycles. The van der Waals surface area contributed by atoms with Gasteiger partial charge in [0.1, 0.15) is 5.76 Å². The minimum absolute atomic E-state index is 0.214. The highest BCUT2D eigenvalue weighted by atomic mass is 16.5. The van der Waals surface area contributed by atoms with E-state index in [1.165, 1.54) is 0 Å². The largest absolute Gasteiger partial charge is 0.423 e. The molecule has 0 atom stereocenters. The van der Waals surface area contributed by atoms with Gasteiger partial charge in [0.05, 0.1) is 0 Å². The van der Waals surface area contributed by atoms with Crippen molar-refractivity contribution in [3.05, 3.63) is 35.1 Å². The lowest BCUT2D eigenvalue weighted by Crippen LogP contribution is -2.01. The third kappa shape index (κ3) is 1.44. The lowest BCUT2D eigenvalue weighted by Gasteiger charge is -2.14. The molecule has 0 unspecified atom stereocenters. The van der Waals surface area contributed by atoms with Crippen LogP contribution >= 0.6 is 0 Å². The van der Waals surface area contributed by atoms with Gasteiger partial charge >= 0.3 is 5.97 Å². The molecule has 13 heavy (non-hydrogen) atoms. The molecule has 0 N–H and O–H groups in total. The van der Waals surface area contributed by atoms with Gasteiger partial charge in [0.15, 0.2) is 0 Å². The first kappa shape index (κ1) is 8.30. The number of carbonyl (C=O) groups excluding carboxylic acids is 1. The molecule has 2 aliphatic rings. The Labute approximate surface area is 77.6 Å². The summed E-state index contributed by atoms with van der Waals surface area (Å²) in [6.07, 6.45) is 8.73. The van der Waals surface area contributed by atoms with Gasteiger partial charge in [-0.2, -0.15) is 0 Å². The topological polar surface area (TPSA) is 26.3 Å². The number of ether oxygens (including phenoxy) is 1. The number of fused-ring (bicyclic) bond motifs is 1. The van der Waals surface area contributed by atoms with Crippen molar-refractivity contribution < 1.29 is 9.53 Å². The van der Waals surface area contributed by atoms with Crippen molar-refractivity contribution in [3.8, 4) is 0 Å². The zero-order chi connectivity index (χ0) is 9.26. The van der Waals surface area contributed by atoms with Crippen LogP contribution in [0.25, 0.3) is 0 Å². The molecule has 1 aliphatic carbocycles. The first-order valence-electron chi connectivity index (χ1n) is 4.60. The summed E-state index contributed by atoms with van der Waals surface area (Å²) in [6.45, 7) is 1.97. The van der Waals surface area contributed by atoms with Crippen LogP contribution in [0.1, 0.15) is 26.2 Å². The Morgan fingerprint density at radius 2 is 2.31 bits per heavy atom. The number of rotatable bonds is 1. The lowest BCUT2D eigenvalue weighted by atomic mass is 9.94. The van der Waals surface area contributed by atoms with E-state index in [9.17, 15) is 4.79 Å². The molecule has 1 aliphatic heterocycles. The molecule has 0 spiro atoms. The molecular weight excluding hydrogens is 164 g/mol. The summed E-state index contributed by atoms with van der Waals surface area (Å²) in [5, 5.41) is 0. The number of allylic oxidation sites excluding steroid dienone is 4. The van der Waals surface area contributed by atoms with Crippen LogP contribution in [-0.2, 0) is 9.53 Å². The second kappa shape index (κ2) is 3.21. The SMILES string of the molecule is CC=CC1=C2OC(=O)C=C2CCC1. The summed E-state index contributed by atoms with van der Waals surface area (Å²) < 4.78 is 5.13. The normalized spacial score (nSPS) is 21.9. The lowest BCUT2D eigenvalue weighted by molar-refractivity contribution is -0.132. The Hall–Kier alpha value is -1.31. The monoisotopic (exact) mass is 176 g/mol. The molecule has 0 saturated heterocycles. The Kier molecular flexibility index (Phi) is 2.05. The highest BCUT2D eigenvalue weighted by Gasteiger charge is 2.25. The third-order valence-corrected chi connectivity index (χ3v) is 2.34. The van der Waals surface area contributed by atoms with Crippen LogP contribution in [-0.4, -0.2) is 5.97 Å². The summed E-state index contributed by atoms with van der Waals surface area (Å²) >= 11 is 0. The molecule has 0 aromatic carbocycles. The predicted molar refractivity (Wildman–Crippen MR) is 49.9 cm³/mol. The average molecular weight is 176 g/mol. The predicted octanol–water partition coefficient (Wildman–Crippen LogP) is 2.48. The highest BCUT2D eigenvalue weighted by Crippen LogP contribution is 2.34. The quantitative estimate of drug-likeness (QED) is 0.574. The van der Waals surface area contributed by atoms with Crippen LogP contribution in [0.15, 0.2) is 35.1 Å². The fraction of sp³-hybridized carbons (Fsp3) is 0.364.